The summed E-state index contributed by atoms with van der Waals surface area (Å²) in [6.45, 7) is 5.52. The van der Waals surface area contributed by atoms with E-state index in [0.29, 0.717) is 10.3 Å². The molecule has 0 aliphatic rings. The van der Waals surface area contributed by atoms with Crippen LogP contribution in [-0.4, -0.2) is 18.0 Å². The Balaban J connectivity index is 2.18. The first-order valence-electron chi connectivity index (χ1n) is 8.11. The summed E-state index contributed by atoms with van der Waals surface area (Å²) in [5, 5.41) is 13.9. The second-order valence-corrected chi connectivity index (χ2v) is 6.13. The summed E-state index contributed by atoms with van der Waals surface area (Å²) in [4.78, 5) is 24.5. The summed E-state index contributed by atoms with van der Waals surface area (Å²) in [5.74, 6) is -0.741. The highest BCUT2D eigenvalue weighted by molar-refractivity contribution is 5.94. The number of hydrogen-bond donors (Lipinski definition) is 1. The number of pyridine rings is 1. The SMILES string of the molecule is Cc1ccc([C@H](CC(=O)OC(C)C)NC(=O)c2cc[n+]([O-])cc2)cc1. The predicted octanol–water partition coefficient (Wildman–Crippen LogP) is 2.44. The summed E-state index contributed by atoms with van der Waals surface area (Å²) in [7, 11) is 0. The van der Waals surface area contributed by atoms with E-state index in [1.54, 1.807) is 13.8 Å². The van der Waals surface area contributed by atoms with Crippen LogP contribution in [-0.2, 0) is 9.53 Å². The molecule has 1 amide bonds. The average Bonchev–Trinajstić information content (AvgIpc) is 2.54. The highest BCUT2D eigenvalue weighted by atomic mass is 16.5. The third-order valence-electron chi connectivity index (χ3n) is 3.59. The minimum atomic E-state index is -0.515. The molecule has 0 saturated carbocycles. The van der Waals surface area contributed by atoms with E-state index in [4.69, 9.17) is 4.74 Å². The number of benzene rings is 1. The number of esters is 1. The van der Waals surface area contributed by atoms with Crippen LogP contribution in [0.5, 0.6) is 0 Å². The summed E-state index contributed by atoms with van der Waals surface area (Å²) >= 11 is 0. The molecule has 1 aromatic carbocycles. The van der Waals surface area contributed by atoms with Crippen LogP contribution >= 0.6 is 0 Å². The molecule has 1 N–H and O–H groups in total. The lowest BCUT2D eigenvalue weighted by atomic mass is 10.0. The van der Waals surface area contributed by atoms with Gasteiger partial charge in [-0.05, 0) is 26.3 Å². The van der Waals surface area contributed by atoms with Crippen LogP contribution in [0, 0.1) is 12.1 Å². The molecule has 2 aromatic rings. The number of carbonyl (C=O) groups excluding carboxylic acids is 2. The molecule has 1 heterocycles. The van der Waals surface area contributed by atoms with E-state index in [9.17, 15) is 14.8 Å². The van der Waals surface area contributed by atoms with Crippen molar-refractivity contribution >= 4 is 11.9 Å². The number of ether oxygens (including phenoxy) is 1. The maximum atomic E-state index is 12.4. The number of amides is 1. The number of nitrogens with one attached hydrogen (secondary N) is 1. The molecule has 6 heteroatoms. The molecule has 0 aliphatic heterocycles. The molecule has 0 radical (unpaired) electrons. The zero-order chi connectivity index (χ0) is 18.4. The van der Waals surface area contributed by atoms with Crippen molar-refractivity contribution in [1.82, 2.24) is 5.32 Å². The third-order valence-corrected chi connectivity index (χ3v) is 3.59. The van der Waals surface area contributed by atoms with Crippen LogP contribution in [0.2, 0.25) is 0 Å². The Bertz CT molecular complexity index is 724. The maximum Gasteiger partial charge on any atom is 0.308 e. The van der Waals surface area contributed by atoms with Crippen molar-refractivity contribution in [2.24, 2.45) is 0 Å². The molecule has 0 aliphatic carbocycles. The van der Waals surface area contributed by atoms with Crippen molar-refractivity contribution in [2.75, 3.05) is 0 Å². The highest BCUT2D eigenvalue weighted by Crippen LogP contribution is 2.19. The number of hydrogen-bond acceptors (Lipinski definition) is 4. The van der Waals surface area contributed by atoms with Crippen LogP contribution in [0.25, 0.3) is 0 Å². The van der Waals surface area contributed by atoms with Gasteiger partial charge in [-0.15, -0.1) is 0 Å². The van der Waals surface area contributed by atoms with Crippen molar-refractivity contribution < 1.29 is 19.1 Å². The predicted molar refractivity (Wildman–Crippen MR) is 92.6 cm³/mol. The Hall–Kier alpha value is -2.89. The van der Waals surface area contributed by atoms with E-state index in [1.165, 1.54) is 24.5 Å². The maximum absolute atomic E-state index is 12.4. The number of aromatic nitrogens is 1. The van der Waals surface area contributed by atoms with E-state index in [-0.39, 0.29) is 24.4 Å². The molecular formula is C19H22N2O4. The van der Waals surface area contributed by atoms with Crippen LogP contribution < -0.4 is 10.0 Å². The lowest BCUT2D eigenvalue weighted by Crippen LogP contribution is -2.32. The summed E-state index contributed by atoms with van der Waals surface area (Å²) in [6.07, 6.45) is 2.32. The van der Waals surface area contributed by atoms with Gasteiger partial charge >= 0.3 is 5.97 Å². The molecule has 1 aromatic heterocycles. The third kappa shape index (κ3) is 5.60. The van der Waals surface area contributed by atoms with Crippen molar-refractivity contribution in [3.8, 4) is 0 Å². The smallest absolute Gasteiger partial charge is 0.308 e. The topological polar surface area (TPSA) is 82.3 Å². The molecule has 6 nitrogen and oxygen atoms in total. The number of nitrogens with zero attached hydrogens (tertiary/aromatic N) is 1. The van der Waals surface area contributed by atoms with Crippen molar-refractivity contribution in [3.63, 3.8) is 0 Å². The van der Waals surface area contributed by atoms with E-state index < -0.39 is 6.04 Å². The van der Waals surface area contributed by atoms with Gasteiger partial charge in [0, 0.05) is 12.1 Å². The fourth-order valence-electron chi connectivity index (χ4n) is 2.33. The number of aryl methyl sites for hydroxylation is 1. The molecule has 0 spiro atoms. The first-order chi connectivity index (χ1) is 11.8. The van der Waals surface area contributed by atoms with Crippen LogP contribution in [0.15, 0.2) is 48.8 Å². The van der Waals surface area contributed by atoms with E-state index >= 15 is 0 Å². The minimum Gasteiger partial charge on any atom is -0.619 e. The minimum absolute atomic E-state index is 0.0291. The van der Waals surface area contributed by atoms with Gasteiger partial charge in [0.1, 0.15) is 0 Å². The summed E-state index contributed by atoms with van der Waals surface area (Å²) < 4.78 is 5.80. The lowest BCUT2D eigenvalue weighted by Gasteiger charge is -2.19. The van der Waals surface area contributed by atoms with E-state index in [0.717, 1.165) is 11.1 Å². The quantitative estimate of drug-likeness (QED) is 0.496. The summed E-state index contributed by atoms with van der Waals surface area (Å²) in [6, 6.07) is 9.94. The molecule has 25 heavy (non-hydrogen) atoms. The lowest BCUT2D eigenvalue weighted by molar-refractivity contribution is -0.605. The Morgan fingerprint density at radius 3 is 2.28 bits per heavy atom. The second-order valence-electron chi connectivity index (χ2n) is 6.13. The number of carbonyl (C=O) groups is 2. The van der Waals surface area contributed by atoms with Gasteiger partial charge in [-0.25, -0.2) is 0 Å². The normalized spacial score (nSPS) is 11.8. The molecule has 132 valence electrons. The Kier molecular flexibility index (Phi) is 6.11. The van der Waals surface area contributed by atoms with Gasteiger partial charge in [-0.2, -0.15) is 4.73 Å². The second kappa shape index (κ2) is 8.28. The molecule has 0 saturated heterocycles. The average molecular weight is 342 g/mol. The monoisotopic (exact) mass is 342 g/mol. The van der Waals surface area contributed by atoms with Crippen LogP contribution in [0.3, 0.4) is 0 Å². The molecule has 2 rings (SSSR count). The van der Waals surface area contributed by atoms with Crippen LogP contribution in [0.1, 0.15) is 47.8 Å². The van der Waals surface area contributed by atoms with Gasteiger partial charge < -0.3 is 15.3 Å². The van der Waals surface area contributed by atoms with Crippen molar-refractivity contribution in [1.29, 1.82) is 0 Å². The molecule has 0 fully saturated rings. The fraction of sp³-hybridized carbons (Fsp3) is 0.316. The van der Waals surface area contributed by atoms with Crippen LogP contribution in [0.4, 0.5) is 0 Å². The van der Waals surface area contributed by atoms with Gasteiger partial charge in [-0.1, -0.05) is 29.8 Å². The zero-order valence-electron chi connectivity index (χ0n) is 14.6. The largest absolute Gasteiger partial charge is 0.619 e. The Morgan fingerprint density at radius 2 is 1.72 bits per heavy atom. The van der Waals surface area contributed by atoms with Crippen molar-refractivity contribution in [2.45, 2.75) is 39.3 Å². The standard InChI is InChI=1S/C19H22N2O4/c1-13(2)25-18(22)12-17(15-6-4-14(3)5-7-15)20-19(23)16-8-10-21(24)11-9-16/h4-11,13,17H,12H2,1-3H3,(H,20,23)/t17-/m0/s1. The fourth-order valence-corrected chi connectivity index (χ4v) is 2.33. The van der Waals surface area contributed by atoms with Gasteiger partial charge in [0.25, 0.3) is 5.91 Å². The van der Waals surface area contributed by atoms with E-state index in [1.807, 2.05) is 31.2 Å². The van der Waals surface area contributed by atoms with E-state index in [2.05, 4.69) is 5.32 Å². The van der Waals surface area contributed by atoms with Gasteiger partial charge in [0.15, 0.2) is 12.4 Å². The van der Waals surface area contributed by atoms with Gasteiger partial charge in [-0.3, -0.25) is 9.59 Å². The van der Waals surface area contributed by atoms with Crippen molar-refractivity contribution in [3.05, 3.63) is 70.7 Å². The molecular weight excluding hydrogens is 320 g/mol. The first-order valence-corrected chi connectivity index (χ1v) is 8.11. The first kappa shape index (κ1) is 18.4. The van der Waals surface area contributed by atoms with Gasteiger partial charge in [0.2, 0.25) is 0 Å². The molecule has 0 bridgehead atoms. The zero-order valence-corrected chi connectivity index (χ0v) is 14.6. The molecule has 1 atom stereocenters. The Morgan fingerprint density at radius 1 is 1.12 bits per heavy atom. The summed E-state index contributed by atoms with van der Waals surface area (Å²) in [5.41, 5.74) is 2.25. The number of rotatable bonds is 6. The van der Waals surface area contributed by atoms with Gasteiger partial charge in [0.05, 0.1) is 24.1 Å². The Labute approximate surface area is 147 Å². The molecule has 0 unspecified atom stereocenters. The highest BCUT2D eigenvalue weighted by Gasteiger charge is 2.21.